The van der Waals surface area contributed by atoms with Crippen LogP contribution in [0.15, 0.2) is 70.5 Å². The standard InChI is InChI=1S/C22H29NO3SSi.C14H21NO2SSi/c1-25-18-7-5-17(6-8-18)16-27-19-9-10-20(22(24)26-2)21(15-19)23-11-13-28(3,4)14-12-23;1-17-14(16)12-5-4-11(18)10-13(12)15-6-8-19(2,3)9-7-15/h5-10,15H,11-14,16H2,1-4H3;4-5,10,18H,6-9H2,1-3H3. The van der Waals surface area contributed by atoms with Crippen LogP contribution in [0.25, 0.3) is 0 Å². The van der Waals surface area contributed by atoms with Gasteiger partial charge >= 0.3 is 11.9 Å². The van der Waals surface area contributed by atoms with Gasteiger partial charge in [-0.05, 0) is 78.3 Å². The smallest absolute Gasteiger partial charge is 0.339 e. The lowest BCUT2D eigenvalue weighted by atomic mass is 10.1. The van der Waals surface area contributed by atoms with Crippen LogP contribution in [0.1, 0.15) is 26.3 Å². The Morgan fingerprint density at radius 3 is 1.64 bits per heavy atom. The molecule has 0 saturated carbocycles. The Hall–Kier alpha value is -2.87. The van der Waals surface area contributed by atoms with Crippen LogP contribution in [-0.4, -0.2) is 75.6 Å². The average molecular weight is 711 g/mol. The average Bonchev–Trinajstić information content (AvgIpc) is 3.07. The lowest BCUT2D eigenvalue weighted by molar-refractivity contribution is 0.0592. The second-order valence-corrected chi connectivity index (χ2v) is 26.0. The summed E-state index contributed by atoms with van der Waals surface area (Å²) in [6.45, 7) is 13.9. The predicted octanol–water partition coefficient (Wildman–Crippen LogP) is 8.59. The van der Waals surface area contributed by atoms with Gasteiger partial charge in [-0.15, -0.1) is 24.4 Å². The Bertz CT molecular complexity index is 1510. The molecule has 7 nitrogen and oxygen atoms in total. The fourth-order valence-electron chi connectivity index (χ4n) is 5.80. The highest BCUT2D eigenvalue weighted by atomic mass is 32.2. The quantitative estimate of drug-likeness (QED) is 0.108. The number of rotatable bonds is 8. The molecule has 3 aromatic carbocycles. The molecule has 0 amide bonds. The van der Waals surface area contributed by atoms with Crippen molar-refractivity contribution >= 4 is 63.9 Å². The van der Waals surface area contributed by atoms with E-state index in [1.54, 1.807) is 24.9 Å². The third-order valence-electron chi connectivity index (χ3n) is 9.24. The van der Waals surface area contributed by atoms with Crippen LogP contribution in [0.3, 0.4) is 0 Å². The molecule has 254 valence electrons. The number of ether oxygens (including phenoxy) is 3. The lowest BCUT2D eigenvalue weighted by Crippen LogP contribution is -2.43. The van der Waals surface area contributed by atoms with Crippen molar-refractivity contribution < 1.29 is 23.8 Å². The van der Waals surface area contributed by atoms with Crippen LogP contribution in [0.2, 0.25) is 50.4 Å². The minimum Gasteiger partial charge on any atom is -0.497 e. The first-order valence-corrected chi connectivity index (χ1v) is 24.5. The number of nitrogens with zero attached hydrogens (tertiary/aromatic N) is 2. The molecular formula is C36H50N2O5S2Si2. The maximum absolute atomic E-state index is 12.3. The summed E-state index contributed by atoms with van der Waals surface area (Å²) in [4.78, 5) is 30.9. The summed E-state index contributed by atoms with van der Waals surface area (Å²) in [5.74, 6) is 1.21. The Labute approximate surface area is 292 Å². The molecule has 5 rings (SSSR count). The van der Waals surface area contributed by atoms with E-state index in [2.05, 4.69) is 66.8 Å². The number of carbonyl (C=O) groups is 2. The van der Waals surface area contributed by atoms with Crippen LogP contribution in [0.4, 0.5) is 11.4 Å². The van der Waals surface area contributed by atoms with Gasteiger partial charge in [0.1, 0.15) is 5.75 Å². The van der Waals surface area contributed by atoms with E-state index < -0.39 is 16.1 Å². The fraction of sp³-hybridized carbons (Fsp3) is 0.444. The van der Waals surface area contributed by atoms with Crippen molar-refractivity contribution in [1.29, 1.82) is 0 Å². The van der Waals surface area contributed by atoms with Gasteiger partial charge in [0, 0.05) is 41.7 Å². The Morgan fingerprint density at radius 1 is 0.702 bits per heavy atom. The van der Waals surface area contributed by atoms with Crippen LogP contribution in [0.5, 0.6) is 5.75 Å². The highest BCUT2D eigenvalue weighted by molar-refractivity contribution is 7.98. The summed E-state index contributed by atoms with van der Waals surface area (Å²) in [6, 6.07) is 24.9. The summed E-state index contributed by atoms with van der Waals surface area (Å²) in [6.07, 6.45) is 0. The zero-order chi connectivity index (χ0) is 34.2. The van der Waals surface area contributed by atoms with Crippen molar-refractivity contribution in [3.05, 3.63) is 77.4 Å². The van der Waals surface area contributed by atoms with Gasteiger partial charge < -0.3 is 24.0 Å². The monoisotopic (exact) mass is 710 g/mol. The minimum absolute atomic E-state index is 0.260. The fourth-order valence-corrected chi connectivity index (χ4v) is 10.9. The second-order valence-electron chi connectivity index (χ2n) is 13.8. The van der Waals surface area contributed by atoms with Crippen molar-refractivity contribution in [3.63, 3.8) is 0 Å². The Kier molecular flexibility index (Phi) is 13.0. The molecule has 0 N–H and O–H groups in total. The number of methoxy groups -OCH3 is 3. The molecule has 11 heteroatoms. The highest BCUT2D eigenvalue weighted by Gasteiger charge is 2.30. The Morgan fingerprint density at radius 2 is 1.17 bits per heavy atom. The normalized spacial score (nSPS) is 16.9. The molecule has 2 saturated heterocycles. The molecule has 0 radical (unpaired) electrons. The molecule has 0 bridgehead atoms. The summed E-state index contributed by atoms with van der Waals surface area (Å²) in [5.41, 5.74) is 4.52. The van der Waals surface area contributed by atoms with E-state index in [-0.39, 0.29) is 11.9 Å². The molecule has 2 aliphatic rings. The minimum atomic E-state index is -1.07. The van der Waals surface area contributed by atoms with E-state index in [1.165, 1.54) is 48.9 Å². The summed E-state index contributed by atoms with van der Waals surface area (Å²) in [7, 11) is 2.47. The van der Waals surface area contributed by atoms with E-state index in [1.807, 2.05) is 36.4 Å². The zero-order valence-corrected chi connectivity index (χ0v) is 32.6. The summed E-state index contributed by atoms with van der Waals surface area (Å²) in [5, 5.41) is 0. The van der Waals surface area contributed by atoms with Crippen LogP contribution < -0.4 is 14.5 Å². The maximum atomic E-state index is 12.3. The number of thioether (sulfide) groups is 1. The molecule has 0 atom stereocenters. The number of esters is 2. The third kappa shape index (κ3) is 10.3. The second kappa shape index (κ2) is 16.5. The highest BCUT2D eigenvalue weighted by Crippen LogP contribution is 2.34. The van der Waals surface area contributed by atoms with Gasteiger partial charge in [-0.2, -0.15) is 0 Å². The topological polar surface area (TPSA) is 68.3 Å². The first-order valence-electron chi connectivity index (χ1n) is 16.2. The van der Waals surface area contributed by atoms with Crippen molar-refractivity contribution in [2.75, 3.05) is 57.3 Å². The molecule has 2 aliphatic heterocycles. The first-order chi connectivity index (χ1) is 22.3. The summed E-state index contributed by atoms with van der Waals surface area (Å²) >= 11 is 6.16. The van der Waals surface area contributed by atoms with Gasteiger partial charge in [0.2, 0.25) is 0 Å². The lowest BCUT2D eigenvalue weighted by Gasteiger charge is -2.37. The van der Waals surface area contributed by atoms with E-state index >= 15 is 0 Å². The van der Waals surface area contributed by atoms with Crippen LogP contribution in [0, 0.1) is 0 Å². The molecule has 0 unspecified atom stereocenters. The van der Waals surface area contributed by atoms with Crippen molar-refractivity contribution in [2.45, 2.75) is 65.9 Å². The van der Waals surface area contributed by atoms with Gasteiger partial charge in [-0.25, -0.2) is 9.59 Å². The number of carbonyl (C=O) groups excluding carboxylic acids is 2. The Balaban J connectivity index is 0.000000229. The summed E-state index contributed by atoms with van der Waals surface area (Å²) < 4.78 is 15.1. The number of hydrogen-bond acceptors (Lipinski definition) is 9. The molecular weight excluding hydrogens is 661 g/mol. The van der Waals surface area contributed by atoms with Gasteiger partial charge in [-0.1, -0.05) is 38.3 Å². The third-order valence-corrected chi connectivity index (χ3v) is 16.9. The van der Waals surface area contributed by atoms with Gasteiger partial charge in [0.25, 0.3) is 0 Å². The molecule has 47 heavy (non-hydrogen) atoms. The van der Waals surface area contributed by atoms with Crippen molar-refractivity contribution in [1.82, 2.24) is 0 Å². The van der Waals surface area contributed by atoms with Crippen LogP contribution in [-0.2, 0) is 15.2 Å². The molecule has 0 aliphatic carbocycles. The van der Waals surface area contributed by atoms with Gasteiger partial charge in [-0.3, -0.25) is 0 Å². The molecule has 2 heterocycles. The SMILES string of the molecule is COC(=O)c1ccc(S)cc1N1CC[Si](C)(C)CC1.COC(=O)c1ccc(SCc2ccc(OC)cc2)cc1N1CC[Si](C)(C)CC1. The number of anilines is 2. The largest absolute Gasteiger partial charge is 0.497 e. The van der Waals surface area contributed by atoms with E-state index in [0.29, 0.717) is 11.1 Å². The van der Waals surface area contributed by atoms with Gasteiger partial charge in [0.15, 0.2) is 0 Å². The zero-order valence-electron chi connectivity index (χ0n) is 28.9. The number of hydrogen-bond donors (Lipinski definition) is 1. The predicted molar refractivity (Wildman–Crippen MR) is 204 cm³/mol. The van der Waals surface area contributed by atoms with E-state index in [0.717, 1.165) is 54.0 Å². The number of benzene rings is 3. The van der Waals surface area contributed by atoms with Gasteiger partial charge in [0.05, 0.1) is 60.0 Å². The molecule has 0 aromatic heterocycles. The number of thiol groups is 1. The van der Waals surface area contributed by atoms with Crippen LogP contribution >= 0.6 is 24.4 Å². The molecule has 2 fully saturated rings. The first kappa shape index (κ1) is 37.0. The van der Waals surface area contributed by atoms with Crippen molar-refractivity contribution in [2.24, 2.45) is 0 Å². The maximum Gasteiger partial charge on any atom is 0.339 e. The van der Waals surface area contributed by atoms with E-state index in [9.17, 15) is 9.59 Å². The van der Waals surface area contributed by atoms with E-state index in [4.69, 9.17) is 14.2 Å². The van der Waals surface area contributed by atoms with Crippen molar-refractivity contribution in [3.8, 4) is 5.75 Å². The molecule has 0 spiro atoms. The molecule has 3 aromatic rings.